The first-order valence-electron chi connectivity index (χ1n) is 7.74. The third-order valence-corrected chi connectivity index (χ3v) is 3.09. The second kappa shape index (κ2) is 9.43. The fourth-order valence-electron chi connectivity index (χ4n) is 1.90. The van der Waals surface area contributed by atoms with Crippen LogP contribution in [0.25, 0.3) is 12.2 Å². The molecule has 0 radical (unpaired) electrons. The van der Waals surface area contributed by atoms with E-state index in [1.807, 2.05) is 43.3 Å². The number of nitrogens with zero attached hydrogens (tertiary/aromatic N) is 1. The summed E-state index contributed by atoms with van der Waals surface area (Å²) >= 11 is 0. The molecule has 24 heavy (non-hydrogen) atoms. The molecule has 2 aromatic rings. The number of ether oxygens (including phenoxy) is 2. The van der Waals surface area contributed by atoms with E-state index in [-0.39, 0.29) is 12.4 Å². The Labute approximate surface area is 142 Å². The quantitative estimate of drug-likeness (QED) is 0.317. The van der Waals surface area contributed by atoms with Crippen molar-refractivity contribution < 1.29 is 14.3 Å². The molecule has 1 heterocycles. The van der Waals surface area contributed by atoms with Crippen LogP contribution in [0, 0.1) is 0 Å². The summed E-state index contributed by atoms with van der Waals surface area (Å²) in [6.07, 6.45) is 7.72. The average Bonchev–Trinajstić information content (AvgIpc) is 2.59. The van der Waals surface area contributed by atoms with Crippen molar-refractivity contribution in [3.8, 4) is 5.75 Å². The monoisotopic (exact) mass is 323 g/mol. The third kappa shape index (κ3) is 6.58. The molecule has 0 fully saturated rings. The molecule has 2 rings (SSSR count). The normalized spacial score (nSPS) is 10.7. The standard InChI is InChI=1S/C20H21NO3/c1-16(2)15-23-14-11-20(22)24-19-7-5-17(6-8-19)3-4-18-9-12-21-13-10-18/h3-10,12-13H,1,11,14-15H2,2H3/b4-3+. The Balaban J connectivity index is 1.80. The van der Waals surface area contributed by atoms with Crippen LogP contribution in [0.2, 0.25) is 0 Å². The summed E-state index contributed by atoms with van der Waals surface area (Å²) in [5, 5.41) is 0. The molecule has 0 unspecified atom stereocenters. The molecule has 1 aromatic heterocycles. The smallest absolute Gasteiger partial charge is 0.313 e. The molecule has 0 aliphatic rings. The van der Waals surface area contributed by atoms with Crippen LogP contribution in [0.15, 0.2) is 60.9 Å². The van der Waals surface area contributed by atoms with Crippen molar-refractivity contribution in [1.82, 2.24) is 4.98 Å². The Morgan fingerprint density at radius 1 is 1.08 bits per heavy atom. The zero-order chi connectivity index (χ0) is 17.2. The first-order chi connectivity index (χ1) is 11.6. The predicted molar refractivity (Wildman–Crippen MR) is 95.5 cm³/mol. The maximum atomic E-state index is 11.7. The minimum absolute atomic E-state index is 0.219. The molecule has 0 bridgehead atoms. The van der Waals surface area contributed by atoms with Crippen molar-refractivity contribution in [1.29, 1.82) is 0 Å². The number of carbonyl (C=O) groups excluding carboxylic acids is 1. The van der Waals surface area contributed by atoms with Gasteiger partial charge in [0.1, 0.15) is 5.75 Å². The molecule has 0 saturated carbocycles. The van der Waals surface area contributed by atoms with E-state index in [9.17, 15) is 4.79 Å². The lowest BCUT2D eigenvalue weighted by atomic mass is 10.1. The highest BCUT2D eigenvalue weighted by atomic mass is 16.5. The molecule has 0 aliphatic carbocycles. The summed E-state index contributed by atoms with van der Waals surface area (Å²) < 4.78 is 10.5. The fourth-order valence-corrected chi connectivity index (χ4v) is 1.90. The van der Waals surface area contributed by atoms with Crippen LogP contribution >= 0.6 is 0 Å². The SMILES string of the molecule is C=C(C)COCCC(=O)Oc1ccc(/C=C/c2ccncc2)cc1. The van der Waals surface area contributed by atoms with E-state index in [2.05, 4.69) is 11.6 Å². The Morgan fingerprint density at radius 3 is 2.33 bits per heavy atom. The van der Waals surface area contributed by atoms with Gasteiger partial charge in [0.15, 0.2) is 0 Å². The molecule has 0 amide bonds. The van der Waals surface area contributed by atoms with Gasteiger partial charge >= 0.3 is 5.97 Å². The van der Waals surface area contributed by atoms with E-state index < -0.39 is 0 Å². The number of esters is 1. The summed E-state index contributed by atoms with van der Waals surface area (Å²) in [7, 11) is 0. The third-order valence-electron chi connectivity index (χ3n) is 3.09. The minimum Gasteiger partial charge on any atom is -0.426 e. The molecule has 0 saturated heterocycles. The summed E-state index contributed by atoms with van der Waals surface area (Å²) in [5.74, 6) is 0.220. The number of rotatable bonds is 8. The van der Waals surface area contributed by atoms with Gasteiger partial charge in [0.05, 0.1) is 19.6 Å². The number of pyridine rings is 1. The Hall–Kier alpha value is -2.72. The lowest BCUT2D eigenvalue weighted by Gasteiger charge is -2.05. The minimum atomic E-state index is -0.309. The van der Waals surface area contributed by atoms with E-state index >= 15 is 0 Å². The number of hydrogen-bond acceptors (Lipinski definition) is 4. The van der Waals surface area contributed by atoms with Crippen molar-refractivity contribution >= 4 is 18.1 Å². The summed E-state index contributed by atoms with van der Waals surface area (Å²) in [6.45, 7) is 6.41. The Kier molecular flexibility index (Phi) is 6.92. The topological polar surface area (TPSA) is 48.4 Å². The van der Waals surface area contributed by atoms with Gasteiger partial charge in [-0.05, 0) is 42.3 Å². The van der Waals surface area contributed by atoms with Gasteiger partial charge in [0, 0.05) is 12.4 Å². The molecule has 4 heteroatoms. The van der Waals surface area contributed by atoms with Crippen LogP contribution in [0.4, 0.5) is 0 Å². The second-order valence-electron chi connectivity index (χ2n) is 5.42. The molecule has 0 N–H and O–H groups in total. The van der Waals surface area contributed by atoms with E-state index in [4.69, 9.17) is 9.47 Å². The van der Waals surface area contributed by atoms with Crippen LogP contribution in [-0.4, -0.2) is 24.2 Å². The predicted octanol–water partition coefficient (Wildman–Crippen LogP) is 4.14. The van der Waals surface area contributed by atoms with Crippen molar-refractivity contribution in [2.75, 3.05) is 13.2 Å². The lowest BCUT2D eigenvalue weighted by Crippen LogP contribution is -2.11. The van der Waals surface area contributed by atoms with Crippen molar-refractivity contribution in [2.45, 2.75) is 13.3 Å². The summed E-state index contributed by atoms with van der Waals surface area (Å²) in [4.78, 5) is 15.7. The van der Waals surface area contributed by atoms with Gasteiger partial charge in [-0.15, -0.1) is 0 Å². The van der Waals surface area contributed by atoms with Crippen molar-refractivity contribution in [3.63, 3.8) is 0 Å². The second-order valence-corrected chi connectivity index (χ2v) is 5.42. The highest BCUT2D eigenvalue weighted by molar-refractivity contribution is 5.73. The molecular formula is C20H21NO3. The van der Waals surface area contributed by atoms with Gasteiger partial charge in [-0.25, -0.2) is 0 Å². The molecule has 4 nitrogen and oxygen atoms in total. The summed E-state index contributed by atoms with van der Waals surface area (Å²) in [5.41, 5.74) is 3.03. The van der Waals surface area contributed by atoms with Gasteiger partial charge < -0.3 is 9.47 Å². The van der Waals surface area contributed by atoms with Gasteiger partial charge in [-0.2, -0.15) is 0 Å². The van der Waals surface area contributed by atoms with Crippen molar-refractivity contribution in [3.05, 3.63) is 72.1 Å². The van der Waals surface area contributed by atoms with E-state index in [0.29, 0.717) is 19.0 Å². The fraction of sp³-hybridized carbons (Fsp3) is 0.200. The molecule has 1 aromatic carbocycles. The van der Waals surface area contributed by atoms with E-state index in [0.717, 1.165) is 16.7 Å². The number of aromatic nitrogens is 1. The number of hydrogen-bond donors (Lipinski definition) is 0. The van der Waals surface area contributed by atoms with E-state index in [1.165, 1.54) is 0 Å². The lowest BCUT2D eigenvalue weighted by molar-refractivity contribution is -0.135. The first-order valence-corrected chi connectivity index (χ1v) is 7.74. The Morgan fingerprint density at radius 2 is 1.71 bits per heavy atom. The first kappa shape index (κ1) is 17.6. The maximum Gasteiger partial charge on any atom is 0.313 e. The van der Waals surface area contributed by atoms with Crippen LogP contribution in [0.5, 0.6) is 5.75 Å². The van der Waals surface area contributed by atoms with Crippen LogP contribution in [0.1, 0.15) is 24.5 Å². The molecule has 124 valence electrons. The highest BCUT2D eigenvalue weighted by Gasteiger charge is 2.04. The van der Waals surface area contributed by atoms with Gasteiger partial charge in [0.2, 0.25) is 0 Å². The van der Waals surface area contributed by atoms with Gasteiger partial charge in [0.25, 0.3) is 0 Å². The van der Waals surface area contributed by atoms with Gasteiger partial charge in [-0.3, -0.25) is 9.78 Å². The molecule has 0 aliphatic heterocycles. The van der Waals surface area contributed by atoms with Gasteiger partial charge in [-0.1, -0.05) is 36.4 Å². The zero-order valence-corrected chi connectivity index (χ0v) is 13.8. The van der Waals surface area contributed by atoms with Crippen LogP contribution < -0.4 is 4.74 Å². The van der Waals surface area contributed by atoms with Crippen LogP contribution in [0.3, 0.4) is 0 Å². The highest BCUT2D eigenvalue weighted by Crippen LogP contribution is 2.15. The largest absolute Gasteiger partial charge is 0.426 e. The van der Waals surface area contributed by atoms with Crippen molar-refractivity contribution in [2.24, 2.45) is 0 Å². The van der Waals surface area contributed by atoms with E-state index in [1.54, 1.807) is 24.5 Å². The Bertz CT molecular complexity index is 691. The maximum absolute atomic E-state index is 11.7. The number of benzene rings is 1. The van der Waals surface area contributed by atoms with Crippen LogP contribution in [-0.2, 0) is 9.53 Å². The number of carbonyl (C=O) groups is 1. The zero-order valence-electron chi connectivity index (χ0n) is 13.8. The average molecular weight is 323 g/mol. The molecule has 0 atom stereocenters. The molecule has 0 spiro atoms. The summed E-state index contributed by atoms with van der Waals surface area (Å²) in [6, 6.07) is 11.2. The molecular weight excluding hydrogens is 302 g/mol.